The van der Waals surface area contributed by atoms with Crippen LogP contribution in [-0.4, -0.2) is 21.9 Å². The van der Waals surface area contributed by atoms with Crippen LogP contribution in [0, 0.1) is 6.92 Å². The number of amides is 1. The van der Waals surface area contributed by atoms with Crippen molar-refractivity contribution in [3.05, 3.63) is 34.1 Å². The van der Waals surface area contributed by atoms with Crippen LogP contribution in [0.1, 0.15) is 11.5 Å². The van der Waals surface area contributed by atoms with Crippen molar-refractivity contribution in [3.63, 3.8) is 0 Å². The van der Waals surface area contributed by atoms with E-state index in [9.17, 15) is 4.79 Å². The number of nitrogens with two attached hydrogens (primary N) is 1. The molecule has 8 heteroatoms. The second-order valence-electron chi connectivity index (χ2n) is 3.97. The molecule has 1 amide bonds. The quantitative estimate of drug-likeness (QED) is 0.798. The first-order valence-corrected chi connectivity index (χ1v) is 7.57. The van der Waals surface area contributed by atoms with Crippen LogP contribution < -0.4 is 11.1 Å². The van der Waals surface area contributed by atoms with Crippen LogP contribution in [0.15, 0.2) is 32.3 Å². The van der Waals surface area contributed by atoms with Gasteiger partial charge in [0.25, 0.3) is 5.22 Å². The fraction of sp³-hybridized carbons (Fsp3) is 0.250. The summed E-state index contributed by atoms with van der Waals surface area (Å²) in [4.78, 5) is 11.8. The zero-order chi connectivity index (χ0) is 14.5. The third-order valence-electron chi connectivity index (χ3n) is 2.39. The molecule has 6 nitrogen and oxygen atoms in total. The maximum atomic E-state index is 11.8. The van der Waals surface area contributed by atoms with E-state index in [1.807, 2.05) is 25.1 Å². The molecule has 2 rings (SSSR count). The average molecular weight is 357 g/mol. The highest BCUT2D eigenvalue weighted by Gasteiger charge is 2.09. The van der Waals surface area contributed by atoms with E-state index in [0.29, 0.717) is 11.1 Å². The molecular weight excluding hydrogens is 344 g/mol. The lowest BCUT2D eigenvalue weighted by Crippen LogP contribution is -2.14. The standard InChI is InChI=1S/C12H13BrN4O2S/c1-7-4-8(2-3-9(7)13)15-10(18)6-20-12-17-16-11(5-14)19-12/h2-4H,5-6,14H2,1H3,(H,15,18). The number of thioether (sulfide) groups is 1. The molecule has 0 bridgehead atoms. The van der Waals surface area contributed by atoms with Gasteiger partial charge in [-0.3, -0.25) is 4.79 Å². The first-order valence-electron chi connectivity index (χ1n) is 5.79. The van der Waals surface area contributed by atoms with E-state index in [0.717, 1.165) is 15.7 Å². The maximum Gasteiger partial charge on any atom is 0.277 e. The summed E-state index contributed by atoms with van der Waals surface area (Å²) in [6, 6.07) is 5.62. The summed E-state index contributed by atoms with van der Waals surface area (Å²) in [5.74, 6) is 0.419. The Hall–Kier alpha value is -1.38. The first-order chi connectivity index (χ1) is 9.58. The SMILES string of the molecule is Cc1cc(NC(=O)CSc2nnc(CN)o2)ccc1Br. The Balaban J connectivity index is 1.87. The van der Waals surface area contributed by atoms with Gasteiger partial charge in [0.05, 0.1) is 12.3 Å². The molecule has 1 aromatic heterocycles. The van der Waals surface area contributed by atoms with Gasteiger partial charge in [-0.25, -0.2) is 0 Å². The van der Waals surface area contributed by atoms with Crippen molar-refractivity contribution in [2.45, 2.75) is 18.7 Å². The number of carbonyl (C=O) groups is 1. The number of aromatic nitrogens is 2. The molecule has 0 aliphatic heterocycles. The molecule has 1 aromatic carbocycles. The second kappa shape index (κ2) is 6.87. The van der Waals surface area contributed by atoms with Crippen LogP contribution in [0.25, 0.3) is 0 Å². The molecule has 2 aromatic rings. The Morgan fingerprint density at radius 3 is 2.95 bits per heavy atom. The van der Waals surface area contributed by atoms with Gasteiger partial charge < -0.3 is 15.5 Å². The molecule has 3 N–H and O–H groups in total. The Morgan fingerprint density at radius 2 is 2.30 bits per heavy atom. The summed E-state index contributed by atoms with van der Waals surface area (Å²) < 4.78 is 6.20. The summed E-state index contributed by atoms with van der Waals surface area (Å²) in [5, 5.41) is 10.6. The Kier molecular flexibility index (Phi) is 5.16. The molecule has 1 heterocycles. The topological polar surface area (TPSA) is 94.0 Å². The molecule has 0 aliphatic rings. The van der Waals surface area contributed by atoms with Crippen LogP contribution in [0.4, 0.5) is 5.69 Å². The van der Waals surface area contributed by atoms with Gasteiger partial charge in [0.15, 0.2) is 0 Å². The van der Waals surface area contributed by atoms with Crippen molar-refractivity contribution in [1.82, 2.24) is 10.2 Å². The number of nitrogens with one attached hydrogen (secondary N) is 1. The minimum Gasteiger partial charge on any atom is -0.415 e. The normalized spacial score (nSPS) is 10.6. The van der Waals surface area contributed by atoms with Gasteiger partial charge in [-0.15, -0.1) is 10.2 Å². The van der Waals surface area contributed by atoms with Gasteiger partial charge in [0.2, 0.25) is 11.8 Å². The highest BCUT2D eigenvalue weighted by Crippen LogP contribution is 2.21. The molecule has 106 valence electrons. The molecule has 0 aliphatic carbocycles. The predicted molar refractivity (Wildman–Crippen MR) is 80.4 cm³/mol. The van der Waals surface area contributed by atoms with Gasteiger partial charge in [0.1, 0.15) is 0 Å². The van der Waals surface area contributed by atoms with E-state index in [1.54, 1.807) is 0 Å². The minimum absolute atomic E-state index is 0.135. The van der Waals surface area contributed by atoms with Gasteiger partial charge in [-0.1, -0.05) is 27.7 Å². The van der Waals surface area contributed by atoms with E-state index < -0.39 is 0 Å². The van der Waals surface area contributed by atoms with E-state index in [4.69, 9.17) is 10.2 Å². The lowest BCUT2D eigenvalue weighted by molar-refractivity contribution is -0.113. The van der Waals surface area contributed by atoms with Gasteiger partial charge in [-0.05, 0) is 30.7 Å². The first kappa shape index (κ1) is 15.0. The van der Waals surface area contributed by atoms with E-state index >= 15 is 0 Å². The van der Waals surface area contributed by atoms with E-state index in [2.05, 4.69) is 31.4 Å². The van der Waals surface area contributed by atoms with Crippen LogP contribution in [0.3, 0.4) is 0 Å². The van der Waals surface area contributed by atoms with Crippen LogP contribution in [0.2, 0.25) is 0 Å². The number of halogens is 1. The van der Waals surface area contributed by atoms with Gasteiger partial charge in [0, 0.05) is 10.2 Å². The zero-order valence-electron chi connectivity index (χ0n) is 10.7. The highest BCUT2D eigenvalue weighted by atomic mass is 79.9. The van der Waals surface area contributed by atoms with Crippen LogP contribution in [-0.2, 0) is 11.3 Å². The molecular formula is C12H13BrN4O2S. The smallest absolute Gasteiger partial charge is 0.277 e. The molecule has 0 radical (unpaired) electrons. The van der Waals surface area contributed by atoms with Crippen molar-refractivity contribution in [3.8, 4) is 0 Å². The molecule has 0 fully saturated rings. The van der Waals surface area contributed by atoms with Gasteiger partial charge in [-0.2, -0.15) is 0 Å². The molecule has 0 unspecified atom stereocenters. The van der Waals surface area contributed by atoms with Crippen molar-refractivity contribution < 1.29 is 9.21 Å². The highest BCUT2D eigenvalue weighted by molar-refractivity contribution is 9.10. The predicted octanol–water partition coefficient (Wildman–Crippen LogP) is 2.33. The molecule has 0 saturated heterocycles. The van der Waals surface area contributed by atoms with Crippen molar-refractivity contribution in [2.24, 2.45) is 5.73 Å². The summed E-state index contributed by atoms with van der Waals surface area (Å²) in [5.41, 5.74) is 7.17. The largest absolute Gasteiger partial charge is 0.415 e. The van der Waals surface area contributed by atoms with Crippen LogP contribution in [0.5, 0.6) is 0 Å². The number of anilines is 1. The molecule has 0 spiro atoms. The summed E-state index contributed by atoms with van der Waals surface area (Å²) in [6.07, 6.45) is 0. The fourth-order valence-electron chi connectivity index (χ4n) is 1.43. The third-order valence-corrected chi connectivity index (χ3v) is 4.10. The molecule has 0 saturated carbocycles. The Labute approximate surface area is 128 Å². The van der Waals surface area contributed by atoms with E-state index in [1.165, 1.54) is 11.8 Å². The number of hydrogen-bond acceptors (Lipinski definition) is 6. The number of benzene rings is 1. The Bertz CT molecular complexity index is 617. The number of nitrogens with zero attached hydrogens (tertiary/aromatic N) is 2. The number of aryl methyl sites for hydroxylation is 1. The average Bonchev–Trinajstić information content (AvgIpc) is 2.89. The fourth-order valence-corrected chi connectivity index (χ4v) is 2.25. The van der Waals surface area contributed by atoms with Crippen LogP contribution >= 0.6 is 27.7 Å². The molecule has 20 heavy (non-hydrogen) atoms. The number of carbonyl (C=O) groups excluding carboxylic acids is 1. The monoisotopic (exact) mass is 356 g/mol. The van der Waals surface area contributed by atoms with E-state index in [-0.39, 0.29) is 18.2 Å². The maximum absolute atomic E-state index is 11.8. The summed E-state index contributed by atoms with van der Waals surface area (Å²) in [7, 11) is 0. The number of rotatable bonds is 5. The van der Waals surface area contributed by atoms with Crippen molar-refractivity contribution in [2.75, 3.05) is 11.1 Å². The second-order valence-corrected chi connectivity index (χ2v) is 5.75. The van der Waals surface area contributed by atoms with Crippen molar-refractivity contribution in [1.29, 1.82) is 0 Å². The third kappa shape index (κ3) is 4.06. The number of hydrogen-bond donors (Lipinski definition) is 2. The molecule has 0 atom stereocenters. The lowest BCUT2D eigenvalue weighted by Gasteiger charge is -2.06. The minimum atomic E-state index is -0.135. The Morgan fingerprint density at radius 1 is 1.50 bits per heavy atom. The van der Waals surface area contributed by atoms with Crippen molar-refractivity contribution >= 4 is 39.3 Å². The van der Waals surface area contributed by atoms with Gasteiger partial charge >= 0.3 is 0 Å². The summed E-state index contributed by atoms with van der Waals surface area (Å²) in [6.45, 7) is 2.15. The summed E-state index contributed by atoms with van der Waals surface area (Å²) >= 11 is 4.59. The zero-order valence-corrected chi connectivity index (χ0v) is 13.1. The lowest BCUT2D eigenvalue weighted by atomic mass is 10.2.